The Hall–Kier alpha value is -1.78. The Morgan fingerprint density at radius 1 is 1.36 bits per heavy atom. The van der Waals surface area contributed by atoms with Gasteiger partial charge >= 0.3 is 0 Å². The first kappa shape index (κ1) is 10.3. The van der Waals surface area contributed by atoms with E-state index in [4.69, 9.17) is 0 Å². The van der Waals surface area contributed by atoms with Crippen LogP contribution >= 0.6 is 0 Å². The number of rotatable bonds is 4. The number of non-ortho nitro benzene ring substituents is 1. The first-order valence-corrected chi connectivity index (χ1v) is 3.94. The first-order valence-electron chi connectivity index (χ1n) is 3.94. The van der Waals surface area contributed by atoms with E-state index in [0.717, 1.165) is 0 Å². The van der Waals surface area contributed by atoms with Crippen LogP contribution in [-0.4, -0.2) is 17.4 Å². The Bertz CT molecular complexity index is 348. The average molecular weight is 197 g/mol. The number of nitro benzene ring substituents is 1. The molecule has 0 aliphatic rings. The number of carbonyl (C=O) groups excluding carboxylic acids is 1. The summed E-state index contributed by atoms with van der Waals surface area (Å²) in [6.07, 6.45) is -0.0194. The molecule has 0 fully saturated rings. The van der Waals surface area contributed by atoms with E-state index in [1.165, 1.54) is 24.3 Å². The minimum atomic E-state index is -1.00. The molecule has 0 saturated heterocycles. The summed E-state index contributed by atoms with van der Waals surface area (Å²) in [5.74, 6) is -0.529. The van der Waals surface area contributed by atoms with Crippen LogP contribution in [0.25, 0.3) is 0 Å². The molecular formula is C9H8FNO3. The van der Waals surface area contributed by atoms with Crippen molar-refractivity contribution < 1.29 is 14.1 Å². The van der Waals surface area contributed by atoms with E-state index < -0.39 is 17.4 Å². The monoisotopic (exact) mass is 197 g/mol. The molecule has 0 aliphatic heterocycles. The van der Waals surface area contributed by atoms with E-state index in [2.05, 4.69) is 0 Å². The number of carbonyl (C=O) groups is 1. The molecule has 0 saturated carbocycles. The van der Waals surface area contributed by atoms with Crippen molar-refractivity contribution in [1.82, 2.24) is 0 Å². The van der Waals surface area contributed by atoms with Crippen LogP contribution in [0.15, 0.2) is 24.3 Å². The highest BCUT2D eigenvalue weighted by molar-refractivity contribution is 5.81. The van der Waals surface area contributed by atoms with Crippen LogP contribution in [0.1, 0.15) is 5.56 Å². The highest BCUT2D eigenvalue weighted by Gasteiger charge is 2.06. The number of ketones is 1. The third-order valence-corrected chi connectivity index (χ3v) is 1.70. The summed E-state index contributed by atoms with van der Waals surface area (Å²) < 4.78 is 11.8. The van der Waals surface area contributed by atoms with Crippen molar-refractivity contribution in [3.05, 3.63) is 39.9 Å². The molecule has 0 spiro atoms. The Labute approximate surface area is 79.5 Å². The third-order valence-electron chi connectivity index (χ3n) is 1.70. The lowest BCUT2D eigenvalue weighted by atomic mass is 10.1. The van der Waals surface area contributed by atoms with E-state index in [1.807, 2.05) is 0 Å². The number of hydrogen-bond donors (Lipinski definition) is 0. The van der Waals surface area contributed by atoms with Crippen molar-refractivity contribution in [3.63, 3.8) is 0 Å². The first-order chi connectivity index (χ1) is 6.63. The largest absolute Gasteiger partial charge is 0.296 e. The molecule has 0 atom stereocenters. The van der Waals surface area contributed by atoms with Crippen molar-refractivity contribution >= 4 is 11.5 Å². The molecule has 0 radical (unpaired) electrons. The van der Waals surface area contributed by atoms with Crippen LogP contribution in [0, 0.1) is 10.1 Å². The number of Topliss-reactive ketones (excluding diaryl/α,β-unsaturated/α-hetero) is 1. The normalized spacial score (nSPS) is 9.79. The van der Waals surface area contributed by atoms with Gasteiger partial charge in [-0.05, 0) is 5.56 Å². The topological polar surface area (TPSA) is 60.2 Å². The molecule has 74 valence electrons. The highest BCUT2D eigenvalue weighted by Crippen LogP contribution is 2.12. The second-order valence-corrected chi connectivity index (χ2v) is 2.77. The molecule has 0 bridgehead atoms. The number of hydrogen-bond acceptors (Lipinski definition) is 3. The van der Waals surface area contributed by atoms with E-state index in [-0.39, 0.29) is 12.1 Å². The Morgan fingerprint density at radius 3 is 2.36 bits per heavy atom. The third kappa shape index (κ3) is 2.62. The number of nitrogens with zero attached hydrogens (tertiary/aromatic N) is 1. The van der Waals surface area contributed by atoms with Gasteiger partial charge in [0.1, 0.15) is 6.67 Å². The van der Waals surface area contributed by atoms with Crippen LogP contribution in [-0.2, 0) is 11.2 Å². The Kier molecular flexibility index (Phi) is 3.28. The van der Waals surface area contributed by atoms with E-state index in [0.29, 0.717) is 5.56 Å². The predicted molar refractivity (Wildman–Crippen MR) is 47.8 cm³/mol. The average Bonchev–Trinajstić information content (AvgIpc) is 2.18. The summed E-state index contributed by atoms with van der Waals surface area (Å²) >= 11 is 0. The lowest BCUT2D eigenvalue weighted by molar-refractivity contribution is -0.384. The predicted octanol–water partition coefficient (Wildman–Crippen LogP) is 1.68. The van der Waals surface area contributed by atoms with Crippen LogP contribution in [0.3, 0.4) is 0 Å². The van der Waals surface area contributed by atoms with E-state index in [1.54, 1.807) is 0 Å². The molecule has 0 amide bonds. The van der Waals surface area contributed by atoms with Gasteiger partial charge in [-0.2, -0.15) is 0 Å². The van der Waals surface area contributed by atoms with Crippen LogP contribution in [0.5, 0.6) is 0 Å². The second kappa shape index (κ2) is 4.45. The maximum absolute atomic E-state index is 11.8. The lowest BCUT2D eigenvalue weighted by Crippen LogP contribution is -2.04. The summed E-state index contributed by atoms with van der Waals surface area (Å²) in [7, 11) is 0. The molecule has 0 aliphatic carbocycles. The van der Waals surface area contributed by atoms with E-state index >= 15 is 0 Å². The van der Waals surface area contributed by atoms with Gasteiger partial charge in [-0.3, -0.25) is 14.9 Å². The quantitative estimate of drug-likeness (QED) is 0.545. The SMILES string of the molecule is O=C(CF)Cc1ccc([N+](=O)[O-])cc1. The summed E-state index contributed by atoms with van der Waals surface area (Å²) in [4.78, 5) is 20.4. The summed E-state index contributed by atoms with van der Waals surface area (Å²) in [6.45, 7) is -1.00. The minimum absolute atomic E-state index is 0.0194. The van der Waals surface area contributed by atoms with Crippen molar-refractivity contribution in [2.24, 2.45) is 0 Å². The Morgan fingerprint density at radius 2 is 1.93 bits per heavy atom. The molecule has 1 aromatic carbocycles. The summed E-state index contributed by atoms with van der Waals surface area (Å²) in [6, 6.07) is 5.49. The lowest BCUT2D eigenvalue weighted by Gasteiger charge is -1.97. The second-order valence-electron chi connectivity index (χ2n) is 2.77. The van der Waals surface area contributed by atoms with Crippen molar-refractivity contribution in [2.45, 2.75) is 6.42 Å². The van der Waals surface area contributed by atoms with Crippen molar-refractivity contribution in [1.29, 1.82) is 0 Å². The Balaban J connectivity index is 2.73. The number of alkyl halides is 1. The van der Waals surface area contributed by atoms with Gasteiger partial charge < -0.3 is 0 Å². The van der Waals surface area contributed by atoms with Gasteiger partial charge in [-0.1, -0.05) is 12.1 Å². The zero-order valence-corrected chi connectivity index (χ0v) is 7.27. The molecule has 0 unspecified atom stereocenters. The fourth-order valence-electron chi connectivity index (χ4n) is 1.01. The van der Waals surface area contributed by atoms with Gasteiger partial charge in [0.15, 0.2) is 5.78 Å². The van der Waals surface area contributed by atoms with Crippen LogP contribution < -0.4 is 0 Å². The molecule has 0 aromatic heterocycles. The van der Waals surface area contributed by atoms with Gasteiger partial charge in [0.25, 0.3) is 5.69 Å². The molecule has 0 N–H and O–H groups in total. The maximum Gasteiger partial charge on any atom is 0.269 e. The highest BCUT2D eigenvalue weighted by atomic mass is 19.1. The zero-order chi connectivity index (χ0) is 10.6. The van der Waals surface area contributed by atoms with Gasteiger partial charge in [0, 0.05) is 18.6 Å². The maximum atomic E-state index is 11.8. The number of halogens is 1. The van der Waals surface area contributed by atoms with Gasteiger partial charge in [-0.15, -0.1) is 0 Å². The van der Waals surface area contributed by atoms with Crippen LogP contribution in [0.2, 0.25) is 0 Å². The van der Waals surface area contributed by atoms with Gasteiger partial charge in [0.05, 0.1) is 4.92 Å². The fraction of sp³-hybridized carbons (Fsp3) is 0.222. The molecule has 5 heteroatoms. The van der Waals surface area contributed by atoms with E-state index in [9.17, 15) is 19.3 Å². The molecule has 1 rings (SSSR count). The van der Waals surface area contributed by atoms with Crippen molar-refractivity contribution in [2.75, 3.05) is 6.67 Å². The molecule has 1 aromatic rings. The van der Waals surface area contributed by atoms with Gasteiger partial charge in [-0.25, -0.2) is 4.39 Å². The smallest absolute Gasteiger partial charge is 0.269 e. The number of benzene rings is 1. The zero-order valence-electron chi connectivity index (χ0n) is 7.27. The number of nitro groups is 1. The minimum Gasteiger partial charge on any atom is -0.296 e. The van der Waals surface area contributed by atoms with Crippen LogP contribution in [0.4, 0.5) is 10.1 Å². The van der Waals surface area contributed by atoms with Crippen molar-refractivity contribution in [3.8, 4) is 0 Å². The standard InChI is InChI=1S/C9H8FNO3/c10-6-9(12)5-7-1-3-8(4-2-7)11(13)14/h1-4H,5-6H2. The fourth-order valence-corrected chi connectivity index (χ4v) is 1.01. The molecule has 14 heavy (non-hydrogen) atoms. The molecule has 0 heterocycles. The molecular weight excluding hydrogens is 189 g/mol. The summed E-state index contributed by atoms with van der Waals surface area (Å²) in [5, 5.41) is 10.3. The molecule has 4 nitrogen and oxygen atoms in total. The van der Waals surface area contributed by atoms with Gasteiger partial charge in [0.2, 0.25) is 0 Å². The summed E-state index contributed by atoms with van der Waals surface area (Å²) in [5.41, 5.74) is 0.541.